The Morgan fingerprint density at radius 1 is 1.10 bits per heavy atom. The summed E-state index contributed by atoms with van der Waals surface area (Å²) in [6.45, 7) is 8.06. The molecular formula is C18H22N2. The summed E-state index contributed by atoms with van der Waals surface area (Å²) in [6, 6.07) is 7.79. The molecule has 0 radical (unpaired) electrons. The molecule has 0 spiro atoms. The maximum absolute atomic E-state index is 5.72. The summed E-state index contributed by atoms with van der Waals surface area (Å²) >= 11 is 0. The second-order valence-electron chi connectivity index (χ2n) is 4.35. The molecule has 2 heteroatoms. The van der Waals surface area contributed by atoms with Crippen LogP contribution in [0.5, 0.6) is 0 Å². The zero-order valence-corrected chi connectivity index (χ0v) is 12.1. The fraction of sp³-hybridized carbons (Fsp3) is 0.111. The van der Waals surface area contributed by atoms with Crippen LogP contribution in [0.25, 0.3) is 5.57 Å². The maximum Gasteiger partial charge on any atom is 0.0314 e. The third-order valence-corrected chi connectivity index (χ3v) is 2.88. The van der Waals surface area contributed by atoms with Crippen LogP contribution in [0.2, 0.25) is 0 Å². The molecule has 0 heterocycles. The Labute approximate surface area is 121 Å². The van der Waals surface area contributed by atoms with Gasteiger partial charge in [-0.1, -0.05) is 36.9 Å². The molecule has 2 nitrogen and oxygen atoms in total. The smallest absolute Gasteiger partial charge is 0.0314 e. The van der Waals surface area contributed by atoms with Gasteiger partial charge < -0.3 is 11.5 Å². The first-order chi connectivity index (χ1) is 9.62. The summed E-state index contributed by atoms with van der Waals surface area (Å²) in [5, 5.41) is 0. The summed E-state index contributed by atoms with van der Waals surface area (Å²) in [5.41, 5.74) is 16.0. The molecule has 20 heavy (non-hydrogen) atoms. The fourth-order valence-electron chi connectivity index (χ4n) is 1.85. The van der Waals surface area contributed by atoms with E-state index in [4.69, 9.17) is 11.5 Å². The zero-order chi connectivity index (χ0) is 15.0. The zero-order valence-electron chi connectivity index (χ0n) is 12.1. The van der Waals surface area contributed by atoms with Crippen LogP contribution in [-0.2, 0) is 0 Å². The summed E-state index contributed by atoms with van der Waals surface area (Å²) in [6.07, 6.45) is 11.4. The largest absolute Gasteiger partial charge is 0.405 e. The topological polar surface area (TPSA) is 52.0 Å². The van der Waals surface area contributed by atoms with Gasteiger partial charge in [0, 0.05) is 5.69 Å². The van der Waals surface area contributed by atoms with E-state index in [2.05, 4.69) is 12.7 Å². The van der Waals surface area contributed by atoms with Gasteiger partial charge in [-0.05, 0) is 66.6 Å². The van der Waals surface area contributed by atoms with Gasteiger partial charge in [0.2, 0.25) is 0 Å². The minimum atomic E-state index is 0.757. The number of anilines is 1. The molecule has 0 aliphatic carbocycles. The molecule has 1 rings (SSSR count). The van der Waals surface area contributed by atoms with Crippen molar-refractivity contribution < 1.29 is 0 Å². The predicted octanol–water partition coefficient (Wildman–Crippen LogP) is 4.20. The Balaban J connectivity index is 3.17. The molecular weight excluding hydrogens is 244 g/mol. The van der Waals surface area contributed by atoms with Crippen molar-refractivity contribution in [2.24, 2.45) is 5.73 Å². The number of nitrogen functional groups attached to an aromatic ring is 1. The van der Waals surface area contributed by atoms with Gasteiger partial charge >= 0.3 is 0 Å². The predicted molar refractivity (Wildman–Crippen MR) is 89.9 cm³/mol. The van der Waals surface area contributed by atoms with Crippen molar-refractivity contribution in [3.8, 4) is 0 Å². The molecule has 4 N–H and O–H groups in total. The monoisotopic (exact) mass is 266 g/mol. The normalized spacial score (nSPS) is 13.3. The highest BCUT2D eigenvalue weighted by atomic mass is 14.5. The van der Waals surface area contributed by atoms with Crippen molar-refractivity contribution in [2.75, 3.05) is 5.73 Å². The maximum atomic E-state index is 5.72. The number of benzene rings is 1. The van der Waals surface area contributed by atoms with Crippen LogP contribution in [0.1, 0.15) is 19.4 Å². The molecule has 0 unspecified atom stereocenters. The Bertz CT molecular complexity index is 570. The summed E-state index contributed by atoms with van der Waals surface area (Å²) in [7, 11) is 0. The molecule has 0 aliphatic heterocycles. The van der Waals surface area contributed by atoms with Crippen molar-refractivity contribution in [3.63, 3.8) is 0 Å². The van der Waals surface area contributed by atoms with Gasteiger partial charge in [0.05, 0.1) is 0 Å². The summed E-state index contributed by atoms with van der Waals surface area (Å²) in [5.74, 6) is 0. The van der Waals surface area contributed by atoms with Gasteiger partial charge in [-0.15, -0.1) is 0 Å². The van der Waals surface area contributed by atoms with E-state index in [-0.39, 0.29) is 0 Å². The third-order valence-electron chi connectivity index (χ3n) is 2.88. The van der Waals surface area contributed by atoms with Crippen LogP contribution in [0.3, 0.4) is 0 Å². The minimum absolute atomic E-state index is 0.757. The molecule has 104 valence electrons. The van der Waals surface area contributed by atoms with Crippen LogP contribution in [-0.4, -0.2) is 0 Å². The van der Waals surface area contributed by atoms with Gasteiger partial charge in [-0.2, -0.15) is 0 Å². The highest BCUT2D eigenvalue weighted by Crippen LogP contribution is 2.22. The van der Waals surface area contributed by atoms with E-state index in [1.807, 2.05) is 62.4 Å². The Morgan fingerprint density at radius 2 is 1.75 bits per heavy atom. The van der Waals surface area contributed by atoms with E-state index in [9.17, 15) is 0 Å². The van der Waals surface area contributed by atoms with E-state index in [0.29, 0.717) is 0 Å². The lowest BCUT2D eigenvalue weighted by atomic mass is 9.99. The van der Waals surface area contributed by atoms with Crippen molar-refractivity contribution in [1.29, 1.82) is 0 Å². The molecule has 1 aromatic carbocycles. The fourth-order valence-corrected chi connectivity index (χ4v) is 1.85. The molecule has 0 aromatic heterocycles. The van der Waals surface area contributed by atoms with Crippen LogP contribution < -0.4 is 11.5 Å². The molecule has 0 saturated heterocycles. The Hall–Kier alpha value is -2.48. The highest BCUT2D eigenvalue weighted by molar-refractivity contribution is 5.78. The number of rotatable bonds is 5. The first kappa shape index (κ1) is 15.6. The lowest BCUT2D eigenvalue weighted by molar-refractivity contribution is 1.48. The molecule has 1 aromatic rings. The molecule has 0 fully saturated rings. The standard InChI is InChI=1S/C18H22N2/c1-4-6-17(16-7-9-18(20)10-8-16)13-14(3)15(5-2)11-12-19/h4-13H,3,19-20H2,1-2H3/b6-4-,12-11-,15-5+,17-13+. The van der Waals surface area contributed by atoms with Crippen molar-refractivity contribution in [3.05, 3.63) is 84.1 Å². The van der Waals surface area contributed by atoms with Gasteiger partial charge in [0.1, 0.15) is 0 Å². The van der Waals surface area contributed by atoms with Gasteiger partial charge in [0.15, 0.2) is 0 Å². The highest BCUT2D eigenvalue weighted by Gasteiger charge is 2.01. The first-order valence-electron chi connectivity index (χ1n) is 6.56. The van der Waals surface area contributed by atoms with Crippen molar-refractivity contribution in [1.82, 2.24) is 0 Å². The van der Waals surface area contributed by atoms with Crippen molar-refractivity contribution >= 4 is 11.3 Å². The van der Waals surface area contributed by atoms with E-state index >= 15 is 0 Å². The number of allylic oxidation sites excluding steroid dienone is 8. The second kappa shape index (κ2) is 7.85. The number of hydrogen-bond donors (Lipinski definition) is 2. The lowest BCUT2D eigenvalue weighted by Gasteiger charge is -2.07. The van der Waals surface area contributed by atoms with Crippen LogP contribution in [0.4, 0.5) is 5.69 Å². The van der Waals surface area contributed by atoms with E-state index in [1.54, 1.807) is 0 Å². The van der Waals surface area contributed by atoms with E-state index in [1.165, 1.54) is 6.20 Å². The Kier molecular flexibility index (Phi) is 6.11. The van der Waals surface area contributed by atoms with Gasteiger partial charge in [-0.25, -0.2) is 0 Å². The van der Waals surface area contributed by atoms with E-state index in [0.717, 1.165) is 28.0 Å². The van der Waals surface area contributed by atoms with Crippen LogP contribution in [0, 0.1) is 0 Å². The summed E-state index contributed by atoms with van der Waals surface area (Å²) in [4.78, 5) is 0. The van der Waals surface area contributed by atoms with Crippen LogP contribution in [0.15, 0.2) is 78.6 Å². The molecule has 0 aliphatic rings. The van der Waals surface area contributed by atoms with Crippen molar-refractivity contribution in [2.45, 2.75) is 13.8 Å². The number of hydrogen-bond acceptors (Lipinski definition) is 2. The average molecular weight is 266 g/mol. The summed E-state index contributed by atoms with van der Waals surface area (Å²) < 4.78 is 0. The molecule has 0 atom stereocenters. The molecule has 0 bridgehead atoms. The van der Waals surface area contributed by atoms with E-state index < -0.39 is 0 Å². The Morgan fingerprint density at radius 3 is 2.25 bits per heavy atom. The molecule has 0 amide bonds. The number of nitrogens with two attached hydrogens (primary N) is 2. The minimum Gasteiger partial charge on any atom is -0.405 e. The third kappa shape index (κ3) is 4.32. The van der Waals surface area contributed by atoms with Crippen LogP contribution >= 0.6 is 0 Å². The quantitative estimate of drug-likeness (QED) is 0.620. The average Bonchev–Trinajstić information content (AvgIpc) is 2.45. The SMILES string of the molecule is C=C(/C=C(\C=C/C)c1ccc(N)cc1)C(/C=C\N)=C/C. The first-order valence-corrected chi connectivity index (χ1v) is 6.56. The van der Waals surface area contributed by atoms with Gasteiger partial charge in [0.25, 0.3) is 0 Å². The molecule has 0 saturated carbocycles. The second-order valence-corrected chi connectivity index (χ2v) is 4.35. The lowest BCUT2D eigenvalue weighted by Crippen LogP contribution is -1.89. The van der Waals surface area contributed by atoms with Gasteiger partial charge in [-0.3, -0.25) is 0 Å².